The van der Waals surface area contributed by atoms with Crippen molar-refractivity contribution in [3.8, 4) is 0 Å². The van der Waals surface area contributed by atoms with Crippen molar-refractivity contribution in [2.45, 2.75) is 38.1 Å². The number of thiophene rings is 1. The molecule has 2 heterocycles. The number of nitrogens with one attached hydrogen (secondary N) is 1. The van der Waals surface area contributed by atoms with E-state index in [1.54, 1.807) is 0 Å². The van der Waals surface area contributed by atoms with Crippen LogP contribution in [-0.4, -0.2) is 49.6 Å². The summed E-state index contributed by atoms with van der Waals surface area (Å²) in [4.78, 5) is 18.1. The summed E-state index contributed by atoms with van der Waals surface area (Å²) in [6.45, 7) is 5.64. The van der Waals surface area contributed by atoms with E-state index in [0.29, 0.717) is 6.04 Å². The van der Waals surface area contributed by atoms with Gasteiger partial charge in [0.25, 0.3) is 5.91 Å². The number of hydrogen-bond acceptors (Lipinski definition) is 4. The highest BCUT2D eigenvalue weighted by molar-refractivity contribution is 7.12. The number of benzene rings is 1. The van der Waals surface area contributed by atoms with Gasteiger partial charge in [0.1, 0.15) is 0 Å². The van der Waals surface area contributed by atoms with Gasteiger partial charge in [0.2, 0.25) is 0 Å². The van der Waals surface area contributed by atoms with Crippen LogP contribution in [0.15, 0.2) is 41.8 Å². The lowest BCUT2D eigenvalue weighted by atomic mass is 9.84. The van der Waals surface area contributed by atoms with Crippen LogP contribution in [0.3, 0.4) is 0 Å². The predicted molar refractivity (Wildman–Crippen MR) is 122 cm³/mol. The average molecular weight is 432 g/mol. The number of carbonyl (C=O) groups excluding carboxylic acids is 1. The van der Waals surface area contributed by atoms with Gasteiger partial charge >= 0.3 is 0 Å². The Balaban J connectivity index is 1.13. The molecule has 1 aliphatic heterocycles. The van der Waals surface area contributed by atoms with Crippen LogP contribution < -0.4 is 10.2 Å². The maximum atomic E-state index is 12.2. The number of hydrogen-bond donors (Lipinski definition) is 1. The van der Waals surface area contributed by atoms with Gasteiger partial charge in [-0.1, -0.05) is 17.7 Å². The number of carbonyl (C=O) groups is 1. The van der Waals surface area contributed by atoms with E-state index in [1.807, 2.05) is 29.6 Å². The highest BCUT2D eigenvalue weighted by atomic mass is 35.5. The van der Waals surface area contributed by atoms with Gasteiger partial charge < -0.3 is 10.2 Å². The van der Waals surface area contributed by atoms with Gasteiger partial charge in [-0.2, -0.15) is 0 Å². The fourth-order valence-electron chi connectivity index (χ4n) is 4.51. The highest BCUT2D eigenvalue weighted by Crippen LogP contribution is 2.28. The quantitative estimate of drug-likeness (QED) is 0.706. The summed E-state index contributed by atoms with van der Waals surface area (Å²) in [5.74, 6) is 0.904. The molecule has 1 aliphatic carbocycles. The average Bonchev–Trinajstić information content (AvgIpc) is 3.29. The third-order valence-corrected chi connectivity index (χ3v) is 7.47. The van der Waals surface area contributed by atoms with E-state index in [4.69, 9.17) is 11.6 Å². The maximum absolute atomic E-state index is 12.2. The van der Waals surface area contributed by atoms with Crippen LogP contribution >= 0.6 is 22.9 Å². The normalized spacial score (nSPS) is 23.1. The van der Waals surface area contributed by atoms with E-state index in [0.717, 1.165) is 54.8 Å². The van der Waals surface area contributed by atoms with Crippen molar-refractivity contribution in [2.24, 2.45) is 5.92 Å². The summed E-state index contributed by atoms with van der Waals surface area (Å²) < 4.78 is 0. The number of halogens is 1. The molecule has 0 bridgehead atoms. The first-order valence-electron chi connectivity index (χ1n) is 10.7. The van der Waals surface area contributed by atoms with Crippen molar-refractivity contribution >= 4 is 34.5 Å². The molecular formula is C23H30ClN3OS. The number of amides is 1. The molecule has 1 aromatic carbocycles. The van der Waals surface area contributed by atoms with Gasteiger partial charge in [0.05, 0.1) is 4.88 Å². The number of rotatable bonds is 6. The zero-order valence-electron chi connectivity index (χ0n) is 16.9. The Bertz CT molecular complexity index is 764. The monoisotopic (exact) mass is 431 g/mol. The summed E-state index contributed by atoms with van der Waals surface area (Å²) in [6, 6.07) is 12.4. The molecule has 0 radical (unpaired) electrons. The predicted octanol–water partition coefficient (Wildman–Crippen LogP) is 4.90. The minimum absolute atomic E-state index is 0.0991. The zero-order valence-corrected chi connectivity index (χ0v) is 18.4. The van der Waals surface area contributed by atoms with E-state index in [2.05, 4.69) is 27.2 Å². The van der Waals surface area contributed by atoms with Gasteiger partial charge in [-0.3, -0.25) is 9.69 Å². The Morgan fingerprint density at radius 1 is 1.03 bits per heavy atom. The number of piperazine rings is 1. The lowest BCUT2D eigenvalue weighted by molar-refractivity contribution is 0.0924. The van der Waals surface area contributed by atoms with Crippen LogP contribution in [0.1, 0.15) is 41.8 Å². The zero-order chi connectivity index (χ0) is 20.1. The molecule has 156 valence electrons. The smallest absolute Gasteiger partial charge is 0.261 e. The lowest BCUT2D eigenvalue weighted by Crippen LogP contribution is -2.47. The lowest BCUT2D eigenvalue weighted by Gasteiger charge is -2.37. The molecule has 6 heteroatoms. The maximum Gasteiger partial charge on any atom is 0.261 e. The van der Waals surface area contributed by atoms with Crippen molar-refractivity contribution in [1.29, 1.82) is 0 Å². The Hall–Kier alpha value is -1.56. The Kier molecular flexibility index (Phi) is 7.11. The largest absolute Gasteiger partial charge is 0.369 e. The molecule has 4 nitrogen and oxygen atoms in total. The Morgan fingerprint density at radius 2 is 1.76 bits per heavy atom. The number of nitrogens with zero attached hydrogens (tertiary/aromatic N) is 2. The van der Waals surface area contributed by atoms with Gasteiger partial charge in [0.15, 0.2) is 0 Å². The molecule has 1 N–H and O–H groups in total. The molecule has 0 spiro atoms. The van der Waals surface area contributed by atoms with Crippen LogP contribution in [0.5, 0.6) is 0 Å². The highest BCUT2D eigenvalue weighted by Gasteiger charge is 2.24. The van der Waals surface area contributed by atoms with Crippen LogP contribution in [0.25, 0.3) is 0 Å². The summed E-state index contributed by atoms with van der Waals surface area (Å²) in [5, 5.41) is 5.98. The SMILES string of the molecule is O=C(NC1CCC(CCN2CCN(c3ccc(Cl)cc3)CC2)CC1)c1cccs1. The topological polar surface area (TPSA) is 35.6 Å². The first-order valence-corrected chi connectivity index (χ1v) is 12.0. The van der Waals surface area contributed by atoms with E-state index in [9.17, 15) is 4.79 Å². The van der Waals surface area contributed by atoms with E-state index < -0.39 is 0 Å². The van der Waals surface area contributed by atoms with Gasteiger partial charge in [0, 0.05) is 42.9 Å². The first-order chi connectivity index (χ1) is 14.2. The van der Waals surface area contributed by atoms with Gasteiger partial charge in [-0.25, -0.2) is 0 Å². The summed E-state index contributed by atoms with van der Waals surface area (Å²) in [7, 11) is 0. The van der Waals surface area contributed by atoms with Crippen LogP contribution in [0.4, 0.5) is 5.69 Å². The van der Waals surface area contributed by atoms with Crippen LogP contribution in [0.2, 0.25) is 5.02 Å². The molecule has 1 amide bonds. The van der Waals surface area contributed by atoms with Gasteiger partial charge in [-0.15, -0.1) is 11.3 Å². The summed E-state index contributed by atoms with van der Waals surface area (Å²) in [5.41, 5.74) is 1.27. The first kappa shape index (κ1) is 20.7. The van der Waals surface area contributed by atoms with Crippen molar-refractivity contribution in [3.05, 3.63) is 51.7 Å². The number of anilines is 1. The molecule has 1 saturated carbocycles. The van der Waals surface area contributed by atoms with E-state index in [1.165, 1.54) is 42.8 Å². The standard InChI is InChI=1S/C23H30ClN3OS/c24-19-5-9-21(10-6-19)27-15-13-26(14-16-27)12-11-18-3-7-20(8-4-18)25-23(28)22-2-1-17-29-22/h1-2,5-6,9-10,17-18,20H,3-4,7-8,11-16H2,(H,25,28). The second kappa shape index (κ2) is 9.96. The molecule has 2 aromatic rings. The molecule has 4 rings (SSSR count). The second-order valence-corrected chi connectivity index (χ2v) is 9.65. The third kappa shape index (κ3) is 5.74. The molecule has 2 aliphatic rings. The fraction of sp³-hybridized carbons (Fsp3) is 0.522. The third-order valence-electron chi connectivity index (χ3n) is 6.34. The van der Waals surface area contributed by atoms with Crippen LogP contribution in [-0.2, 0) is 0 Å². The van der Waals surface area contributed by atoms with Gasteiger partial charge in [-0.05, 0) is 80.3 Å². The second-order valence-electron chi connectivity index (χ2n) is 8.26. The molecule has 2 fully saturated rings. The molecular weight excluding hydrogens is 402 g/mol. The Morgan fingerprint density at radius 3 is 2.41 bits per heavy atom. The fourth-order valence-corrected chi connectivity index (χ4v) is 5.26. The summed E-state index contributed by atoms with van der Waals surface area (Å²) in [6.07, 6.45) is 5.99. The molecule has 1 aromatic heterocycles. The van der Waals surface area contributed by atoms with Crippen molar-refractivity contribution < 1.29 is 4.79 Å². The Labute approximate surface area is 182 Å². The van der Waals surface area contributed by atoms with E-state index in [-0.39, 0.29) is 5.91 Å². The van der Waals surface area contributed by atoms with Crippen molar-refractivity contribution in [1.82, 2.24) is 10.2 Å². The minimum Gasteiger partial charge on any atom is -0.369 e. The molecule has 0 unspecified atom stereocenters. The van der Waals surface area contributed by atoms with Crippen molar-refractivity contribution in [2.75, 3.05) is 37.6 Å². The minimum atomic E-state index is 0.0991. The molecule has 29 heavy (non-hydrogen) atoms. The molecule has 0 atom stereocenters. The molecule has 1 saturated heterocycles. The van der Waals surface area contributed by atoms with Crippen molar-refractivity contribution in [3.63, 3.8) is 0 Å². The van der Waals surface area contributed by atoms with Crippen LogP contribution in [0, 0.1) is 5.92 Å². The summed E-state index contributed by atoms with van der Waals surface area (Å²) >= 11 is 7.52. The van der Waals surface area contributed by atoms with E-state index >= 15 is 0 Å².